The van der Waals surface area contributed by atoms with Crippen molar-refractivity contribution in [2.24, 2.45) is 0 Å². The van der Waals surface area contributed by atoms with E-state index < -0.39 is 0 Å². The van der Waals surface area contributed by atoms with Crippen molar-refractivity contribution in [3.8, 4) is 0 Å². The summed E-state index contributed by atoms with van der Waals surface area (Å²) in [5, 5.41) is 7.72. The highest BCUT2D eigenvalue weighted by atomic mass is 15.7. The van der Waals surface area contributed by atoms with Gasteiger partial charge in [0.25, 0.3) is 0 Å². The maximum atomic E-state index is 4.62. The molecule has 1 aliphatic rings. The summed E-state index contributed by atoms with van der Waals surface area (Å²) in [5.74, 6) is 0.657. The minimum atomic E-state index is 0.657. The van der Waals surface area contributed by atoms with Crippen LogP contribution in [0.5, 0.6) is 0 Å². The zero-order valence-electron chi connectivity index (χ0n) is 12.1. The molecular weight excluding hydrogens is 278 g/mol. The number of benzene rings is 1. The molecule has 7 heteroatoms. The van der Waals surface area contributed by atoms with Crippen LogP contribution in [0.4, 0.5) is 11.6 Å². The highest BCUT2D eigenvalue weighted by molar-refractivity contribution is 5.71. The first-order valence-corrected chi connectivity index (χ1v) is 7.39. The lowest BCUT2D eigenvalue weighted by Crippen LogP contribution is -2.51. The Bertz CT molecular complexity index is 749. The second-order valence-corrected chi connectivity index (χ2v) is 5.16. The summed E-state index contributed by atoms with van der Waals surface area (Å²) in [6.45, 7) is 3.74. The number of imidazole rings is 1. The standard InChI is InChI=1S/C15H17N7/c1-2-4-12(5-3-1)22(21-8-6-16-7-9-21)15-17-10-13-14(20-15)19-11-18-13/h1-5,10-11,16H,6-9H2,(H,17,18,19,20). The smallest absolute Gasteiger partial charge is 0.247 e. The van der Waals surface area contributed by atoms with Gasteiger partial charge in [0.15, 0.2) is 5.65 Å². The summed E-state index contributed by atoms with van der Waals surface area (Å²) in [6, 6.07) is 10.2. The normalized spacial score (nSPS) is 16.0. The number of H-pyrrole nitrogens is 1. The fourth-order valence-corrected chi connectivity index (χ4v) is 2.66. The Hall–Kier alpha value is -2.51. The third-order valence-electron chi connectivity index (χ3n) is 3.73. The first-order valence-electron chi connectivity index (χ1n) is 7.39. The van der Waals surface area contributed by atoms with Crippen LogP contribution in [0.2, 0.25) is 0 Å². The van der Waals surface area contributed by atoms with Crippen molar-refractivity contribution >= 4 is 22.8 Å². The summed E-state index contributed by atoms with van der Waals surface area (Å²) in [7, 11) is 0. The summed E-state index contributed by atoms with van der Waals surface area (Å²) in [5.41, 5.74) is 2.58. The van der Waals surface area contributed by atoms with Gasteiger partial charge in [0.1, 0.15) is 5.52 Å². The van der Waals surface area contributed by atoms with Gasteiger partial charge in [0.2, 0.25) is 5.95 Å². The van der Waals surface area contributed by atoms with Crippen molar-refractivity contribution in [3.63, 3.8) is 0 Å². The Morgan fingerprint density at radius 2 is 1.86 bits per heavy atom. The molecule has 0 unspecified atom stereocenters. The van der Waals surface area contributed by atoms with Crippen LogP contribution in [0.1, 0.15) is 0 Å². The van der Waals surface area contributed by atoms with E-state index >= 15 is 0 Å². The predicted octanol–water partition coefficient (Wildman–Crippen LogP) is 1.31. The molecule has 0 aliphatic carbocycles. The Labute approximate surface area is 128 Å². The highest BCUT2D eigenvalue weighted by Crippen LogP contribution is 2.25. The average molecular weight is 295 g/mol. The first kappa shape index (κ1) is 13.2. The number of piperazine rings is 1. The van der Waals surface area contributed by atoms with Gasteiger partial charge in [-0.05, 0) is 12.1 Å². The maximum absolute atomic E-state index is 4.62. The number of aromatic nitrogens is 4. The lowest BCUT2D eigenvalue weighted by atomic mass is 10.3. The van der Waals surface area contributed by atoms with E-state index in [1.165, 1.54) is 0 Å². The summed E-state index contributed by atoms with van der Waals surface area (Å²) < 4.78 is 0. The molecule has 0 bridgehead atoms. The SMILES string of the molecule is c1ccc(N(c2ncc3nc[nH]c3n2)N2CCNCC2)cc1. The van der Waals surface area contributed by atoms with Crippen LogP contribution in [0.15, 0.2) is 42.9 Å². The minimum Gasteiger partial charge on any atom is -0.329 e. The number of anilines is 2. The van der Waals surface area contributed by atoms with E-state index in [4.69, 9.17) is 0 Å². The molecule has 22 heavy (non-hydrogen) atoms. The van der Waals surface area contributed by atoms with E-state index in [2.05, 4.69) is 47.4 Å². The lowest BCUT2D eigenvalue weighted by Gasteiger charge is -2.37. The molecule has 4 rings (SSSR count). The number of nitrogens with one attached hydrogen (secondary N) is 2. The molecule has 1 aromatic carbocycles. The molecule has 3 aromatic rings. The molecule has 7 nitrogen and oxygen atoms in total. The van der Waals surface area contributed by atoms with Crippen LogP contribution in [0.3, 0.4) is 0 Å². The quantitative estimate of drug-likeness (QED) is 0.759. The van der Waals surface area contributed by atoms with Crippen molar-refractivity contribution in [2.75, 3.05) is 31.2 Å². The van der Waals surface area contributed by atoms with Gasteiger partial charge in [0.05, 0.1) is 18.2 Å². The number of hydrogen-bond donors (Lipinski definition) is 2. The number of aromatic amines is 1. The van der Waals surface area contributed by atoms with Crippen LogP contribution >= 0.6 is 0 Å². The summed E-state index contributed by atoms with van der Waals surface area (Å²) >= 11 is 0. The number of hydrazine groups is 1. The Balaban J connectivity index is 1.78. The van der Waals surface area contributed by atoms with Crippen molar-refractivity contribution in [2.45, 2.75) is 0 Å². The fraction of sp³-hybridized carbons (Fsp3) is 0.267. The average Bonchev–Trinajstić information content (AvgIpc) is 3.05. The maximum Gasteiger partial charge on any atom is 0.247 e. The van der Waals surface area contributed by atoms with E-state index in [1.807, 2.05) is 18.2 Å². The monoisotopic (exact) mass is 295 g/mol. The fourth-order valence-electron chi connectivity index (χ4n) is 2.66. The molecule has 2 aromatic heterocycles. The molecule has 0 saturated carbocycles. The van der Waals surface area contributed by atoms with Crippen molar-refractivity contribution in [1.29, 1.82) is 0 Å². The predicted molar refractivity (Wildman–Crippen MR) is 84.7 cm³/mol. The molecule has 0 amide bonds. The molecule has 3 heterocycles. The largest absolute Gasteiger partial charge is 0.329 e. The second-order valence-electron chi connectivity index (χ2n) is 5.16. The second kappa shape index (κ2) is 5.70. The number of nitrogens with zero attached hydrogens (tertiary/aromatic N) is 5. The summed E-state index contributed by atoms with van der Waals surface area (Å²) in [4.78, 5) is 16.4. The Morgan fingerprint density at radius 1 is 1.05 bits per heavy atom. The van der Waals surface area contributed by atoms with Gasteiger partial charge < -0.3 is 10.3 Å². The van der Waals surface area contributed by atoms with Crippen molar-refractivity contribution in [3.05, 3.63) is 42.9 Å². The Morgan fingerprint density at radius 3 is 2.68 bits per heavy atom. The van der Waals surface area contributed by atoms with Gasteiger partial charge in [-0.15, -0.1) is 0 Å². The third kappa shape index (κ3) is 2.40. The zero-order chi connectivity index (χ0) is 14.8. The van der Waals surface area contributed by atoms with E-state index in [1.54, 1.807) is 12.5 Å². The Kier molecular flexibility index (Phi) is 3.42. The van der Waals surface area contributed by atoms with Gasteiger partial charge >= 0.3 is 0 Å². The number of fused-ring (bicyclic) bond motifs is 1. The molecule has 1 fully saturated rings. The number of para-hydroxylation sites is 1. The van der Waals surface area contributed by atoms with Gasteiger partial charge in [-0.2, -0.15) is 4.98 Å². The molecule has 1 saturated heterocycles. The topological polar surface area (TPSA) is 73.0 Å². The van der Waals surface area contributed by atoms with E-state index in [-0.39, 0.29) is 0 Å². The minimum absolute atomic E-state index is 0.657. The van der Waals surface area contributed by atoms with Crippen LogP contribution in [-0.4, -0.2) is 51.1 Å². The molecule has 2 N–H and O–H groups in total. The molecule has 0 spiro atoms. The van der Waals surface area contributed by atoms with Gasteiger partial charge in [-0.1, -0.05) is 18.2 Å². The first-order chi connectivity index (χ1) is 10.9. The number of hydrogen-bond acceptors (Lipinski definition) is 6. The van der Waals surface area contributed by atoms with Crippen LogP contribution in [-0.2, 0) is 0 Å². The molecule has 0 atom stereocenters. The van der Waals surface area contributed by atoms with Crippen LogP contribution in [0, 0.1) is 0 Å². The van der Waals surface area contributed by atoms with Gasteiger partial charge in [0, 0.05) is 26.2 Å². The van der Waals surface area contributed by atoms with E-state index in [9.17, 15) is 0 Å². The van der Waals surface area contributed by atoms with Gasteiger partial charge in [-0.25, -0.2) is 20.0 Å². The molecule has 112 valence electrons. The molecular formula is C15H17N7. The third-order valence-corrected chi connectivity index (χ3v) is 3.73. The highest BCUT2D eigenvalue weighted by Gasteiger charge is 2.22. The van der Waals surface area contributed by atoms with Crippen molar-refractivity contribution in [1.82, 2.24) is 30.3 Å². The lowest BCUT2D eigenvalue weighted by molar-refractivity contribution is 0.240. The van der Waals surface area contributed by atoms with Crippen molar-refractivity contribution < 1.29 is 0 Å². The van der Waals surface area contributed by atoms with E-state index in [0.717, 1.165) is 43.0 Å². The van der Waals surface area contributed by atoms with Crippen LogP contribution in [0.25, 0.3) is 11.2 Å². The summed E-state index contributed by atoms with van der Waals surface area (Å²) in [6.07, 6.45) is 3.40. The molecule has 1 aliphatic heterocycles. The molecule has 0 radical (unpaired) electrons. The zero-order valence-corrected chi connectivity index (χ0v) is 12.1. The van der Waals surface area contributed by atoms with E-state index in [0.29, 0.717) is 5.95 Å². The number of rotatable bonds is 3. The van der Waals surface area contributed by atoms with Crippen LogP contribution < -0.4 is 10.3 Å². The van der Waals surface area contributed by atoms with Gasteiger partial charge in [-0.3, -0.25) is 0 Å².